The molecule has 25 heavy (non-hydrogen) atoms. The second kappa shape index (κ2) is 7.91. The molecule has 0 saturated carbocycles. The smallest absolute Gasteiger partial charge is 0.253 e. The van der Waals surface area contributed by atoms with Crippen molar-refractivity contribution >= 4 is 17.5 Å². The molecule has 134 valence electrons. The Hall–Kier alpha value is -2.01. The molecule has 0 radical (unpaired) electrons. The van der Waals surface area contributed by atoms with Crippen molar-refractivity contribution in [2.75, 3.05) is 19.7 Å². The van der Waals surface area contributed by atoms with E-state index in [1.54, 1.807) is 18.2 Å². The fourth-order valence-electron chi connectivity index (χ4n) is 3.29. The van der Waals surface area contributed by atoms with Gasteiger partial charge in [-0.05, 0) is 49.9 Å². The standard InChI is InChI=1S/C19H24ClN3O2/c1-3-10-25-17-5-4-15(11-16(17)20)19(24)23-8-6-14(7-9-23)18-13(2)12-21-22-18/h4-5,11-12,14H,3,6-10H2,1-2H3,(H,21,22). The first-order valence-electron chi connectivity index (χ1n) is 8.81. The Bertz CT molecular complexity index is 736. The number of H-pyrrole nitrogens is 1. The van der Waals surface area contributed by atoms with Gasteiger partial charge in [0.2, 0.25) is 0 Å². The van der Waals surface area contributed by atoms with E-state index in [0.717, 1.165) is 32.4 Å². The summed E-state index contributed by atoms with van der Waals surface area (Å²) >= 11 is 6.25. The number of hydrogen-bond acceptors (Lipinski definition) is 3. The van der Waals surface area contributed by atoms with Gasteiger partial charge >= 0.3 is 0 Å². The zero-order valence-electron chi connectivity index (χ0n) is 14.7. The summed E-state index contributed by atoms with van der Waals surface area (Å²) in [5.74, 6) is 1.11. The highest BCUT2D eigenvalue weighted by atomic mass is 35.5. The molecule has 1 N–H and O–H groups in total. The molecular weight excluding hydrogens is 338 g/mol. The number of rotatable bonds is 5. The maximum Gasteiger partial charge on any atom is 0.253 e. The van der Waals surface area contributed by atoms with Crippen LogP contribution in [0.3, 0.4) is 0 Å². The SMILES string of the molecule is CCCOc1ccc(C(=O)N2CCC(c3[nH]ncc3C)CC2)cc1Cl. The van der Waals surface area contributed by atoms with Crippen LogP contribution in [0.4, 0.5) is 0 Å². The summed E-state index contributed by atoms with van der Waals surface area (Å²) in [5, 5.41) is 7.69. The summed E-state index contributed by atoms with van der Waals surface area (Å²) in [7, 11) is 0. The Kier molecular flexibility index (Phi) is 5.63. The summed E-state index contributed by atoms with van der Waals surface area (Å²) in [4.78, 5) is 14.6. The molecule has 0 aliphatic carbocycles. The van der Waals surface area contributed by atoms with Gasteiger partial charge in [-0.25, -0.2) is 0 Å². The number of nitrogens with one attached hydrogen (secondary N) is 1. The first-order chi connectivity index (χ1) is 12.1. The monoisotopic (exact) mass is 361 g/mol. The second-order valence-corrected chi connectivity index (χ2v) is 6.93. The number of aromatic amines is 1. The summed E-state index contributed by atoms with van der Waals surface area (Å²) < 4.78 is 5.57. The van der Waals surface area contributed by atoms with Crippen LogP contribution in [0.5, 0.6) is 5.75 Å². The number of aryl methyl sites for hydroxylation is 1. The Balaban J connectivity index is 1.62. The molecule has 1 aromatic carbocycles. The van der Waals surface area contributed by atoms with Crippen LogP contribution in [0, 0.1) is 6.92 Å². The number of hydrogen-bond donors (Lipinski definition) is 1. The van der Waals surface area contributed by atoms with Crippen LogP contribution in [0.25, 0.3) is 0 Å². The van der Waals surface area contributed by atoms with Crippen LogP contribution < -0.4 is 4.74 Å². The fourth-order valence-corrected chi connectivity index (χ4v) is 3.52. The Morgan fingerprint density at radius 3 is 2.76 bits per heavy atom. The third-order valence-corrected chi connectivity index (χ3v) is 4.99. The van der Waals surface area contributed by atoms with Crippen molar-refractivity contribution in [1.29, 1.82) is 0 Å². The van der Waals surface area contributed by atoms with Gasteiger partial charge < -0.3 is 9.64 Å². The fraction of sp³-hybridized carbons (Fsp3) is 0.474. The number of amides is 1. The van der Waals surface area contributed by atoms with E-state index in [2.05, 4.69) is 17.1 Å². The van der Waals surface area contributed by atoms with Crippen molar-refractivity contribution in [3.05, 3.63) is 46.2 Å². The average Bonchev–Trinajstić information content (AvgIpc) is 3.06. The van der Waals surface area contributed by atoms with Gasteiger partial charge in [-0.2, -0.15) is 5.10 Å². The number of likely N-dealkylation sites (tertiary alicyclic amines) is 1. The minimum atomic E-state index is 0.0312. The third-order valence-electron chi connectivity index (χ3n) is 4.70. The highest BCUT2D eigenvalue weighted by Gasteiger charge is 2.26. The molecule has 3 rings (SSSR count). The minimum absolute atomic E-state index is 0.0312. The van der Waals surface area contributed by atoms with Gasteiger partial charge in [0.05, 0.1) is 17.8 Å². The molecule has 1 saturated heterocycles. The van der Waals surface area contributed by atoms with E-state index >= 15 is 0 Å². The minimum Gasteiger partial charge on any atom is -0.492 e. The molecule has 6 heteroatoms. The van der Waals surface area contributed by atoms with E-state index in [-0.39, 0.29) is 5.91 Å². The topological polar surface area (TPSA) is 58.2 Å². The van der Waals surface area contributed by atoms with E-state index < -0.39 is 0 Å². The molecule has 1 fully saturated rings. The van der Waals surface area contributed by atoms with E-state index in [9.17, 15) is 4.79 Å². The van der Waals surface area contributed by atoms with E-state index in [0.29, 0.717) is 28.9 Å². The van der Waals surface area contributed by atoms with Crippen LogP contribution in [-0.2, 0) is 0 Å². The number of carbonyl (C=O) groups is 1. The maximum absolute atomic E-state index is 12.7. The Morgan fingerprint density at radius 2 is 2.16 bits per heavy atom. The lowest BCUT2D eigenvalue weighted by Gasteiger charge is -2.32. The van der Waals surface area contributed by atoms with Gasteiger partial charge in [-0.3, -0.25) is 9.89 Å². The number of halogens is 1. The number of aromatic nitrogens is 2. The van der Waals surface area contributed by atoms with Crippen molar-refractivity contribution in [3.63, 3.8) is 0 Å². The zero-order valence-corrected chi connectivity index (χ0v) is 15.5. The maximum atomic E-state index is 12.7. The zero-order chi connectivity index (χ0) is 17.8. The number of benzene rings is 1. The largest absolute Gasteiger partial charge is 0.492 e. The summed E-state index contributed by atoms with van der Waals surface area (Å²) in [6.45, 7) is 6.22. The molecule has 1 aliphatic heterocycles. The molecule has 0 unspecified atom stereocenters. The number of ether oxygens (including phenoxy) is 1. The molecule has 1 aromatic heterocycles. The first kappa shape index (κ1) is 17.8. The lowest BCUT2D eigenvalue weighted by atomic mass is 9.91. The molecule has 1 amide bonds. The van der Waals surface area contributed by atoms with Gasteiger partial charge in [0.1, 0.15) is 5.75 Å². The van der Waals surface area contributed by atoms with Crippen LogP contribution in [-0.4, -0.2) is 40.7 Å². The van der Waals surface area contributed by atoms with Gasteiger partial charge in [0.25, 0.3) is 5.91 Å². The molecular formula is C19H24ClN3O2. The van der Waals surface area contributed by atoms with Crippen LogP contribution in [0.1, 0.15) is 53.7 Å². The number of piperidine rings is 1. The van der Waals surface area contributed by atoms with Crippen molar-refractivity contribution < 1.29 is 9.53 Å². The third kappa shape index (κ3) is 3.98. The van der Waals surface area contributed by atoms with E-state index in [1.165, 1.54) is 11.3 Å². The Morgan fingerprint density at radius 1 is 1.40 bits per heavy atom. The molecule has 0 atom stereocenters. The van der Waals surface area contributed by atoms with Gasteiger partial charge in [-0.15, -0.1) is 0 Å². The lowest BCUT2D eigenvalue weighted by Crippen LogP contribution is -2.38. The molecule has 0 spiro atoms. The van der Waals surface area contributed by atoms with Crippen molar-refractivity contribution in [3.8, 4) is 5.75 Å². The number of carbonyl (C=O) groups excluding carboxylic acids is 1. The van der Waals surface area contributed by atoms with Gasteiger partial charge in [0.15, 0.2) is 0 Å². The summed E-state index contributed by atoms with van der Waals surface area (Å²) in [6, 6.07) is 5.29. The van der Waals surface area contributed by atoms with E-state index in [1.807, 2.05) is 18.0 Å². The highest BCUT2D eigenvalue weighted by molar-refractivity contribution is 6.32. The van der Waals surface area contributed by atoms with Crippen LogP contribution in [0.15, 0.2) is 24.4 Å². The lowest BCUT2D eigenvalue weighted by molar-refractivity contribution is 0.0712. The van der Waals surface area contributed by atoms with E-state index in [4.69, 9.17) is 16.3 Å². The predicted molar refractivity (Wildman–Crippen MR) is 98.4 cm³/mol. The van der Waals surface area contributed by atoms with Crippen LogP contribution >= 0.6 is 11.6 Å². The quantitative estimate of drug-likeness (QED) is 0.869. The first-order valence-corrected chi connectivity index (χ1v) is 9.19. The molecule has 5 nitrogen and oxygen atoms in total. The number of nitrogens with zero attached hydrogens (tertiary/aromatic N) is 2. The summed E-state index contributed by atoms with van der Waals surface area (Å²) in [6.07, 6.45) is 4.67. The molecule has 1 aliphatic rings. The van der Waals surface area contributed by atoms with Crippen LogP contribution in [0.2, 0.25) is 5.02 Å². The molecule has 0 bridgehead atoms. The second-order valence-electron chi connectivity index (χ2n) is 6.53. The van der Waals surface area contributed by atoms with Gasteiger partial charge in [0, 0.05) is 30.3 Å². The Labute approximate surface area is 153 Å². The average molecular weight is 362 g/mol. The normalized spacial score (nSPS) is 15.4. The summed E-state index contributed by atoms with van der Waals surface area (Å²) in [5.41, 5.74) is 3.01. The van der Waals surface area contributed by atoms with Crippen molar-refractivity contribution in [2.45, 2.75) is 39.0 Å². The predicted octanol–water partition coefficient (Wildman–Crippen LogP) is 4.18. The highest BCUT2D eigenvalue weighted by Crippen LogP contribution is 2.30. The molecule has 2 aromatic rings. The van der Waals surface area contributed by atoms with Crippen molar-refractivity contribution in [2.24, 2.45) is 0 Å². The van der Waals surface area contributed by atoms with Crippen molar-refractivity contribution in [1.82, 2.24) is 15.1 Å². The molecule has 2 heterocycles. The van der Waals surface area contributed by atoms with Gasteiger partial charge in [-0.1, -0.05) is 18.5 Å².